The van der Waals surface area contributed by atoms with Crippen molar-refractivity contribution in [3.8, 4) is 0 Å². The maximum Gasteiger partial charge on any atom is 0.317 e. The van der Waals surface area contributed by atoms with E-state index in [9.17, 15) is 9.59 Å². The molecular formula is C12H22N2O3S. The molecule has 0 aromatic heterocycles. The lowest BCUT2D eigenvalue weighted by Crippen LogP contribution is -2.49. The number of nitrogens with zero attached hydrogens (tertiary/aromatic N) is 1. The maximum absolute atomic E-state index is 11.9. The van der Waals surface area contributed by atoms with Gasteiger partial charge in [0.2, 0.25) is 0 Å². The number of urea groups is 1. The van der Waals surface area contributed by atoms with Crippen molar-refractivity contribution < 1.29 is 14.7 Å². The molecule has 1 atom stereocenters. The zero-order chi connectivity index (χ0) is 13.8. The molecule has 1 saturated heterocycles. The molecule has 0 aliphatic carbocycles. The highest BCUT2D eigenvalue weighted by Crippen LogP contribution is 2.21. The van der Waals surface area contributed by atoms with Crippen molar-refractivity contribution >= 4 is 23.8 Å². The van der Waals surface area contributed by atoms with Gasteiger partial charge in [-0.05, 0) is 20.3 Å². The number of thioether (sulfide) groups is 1. The van der Waals surface area contributed by atoms with Gasteiger partial charge in [0.25, 0.3) is 0 Å². The van der Waals surface area contributed by atoms with Crippen molar-refractivity contribution in [2.75, 3.05) is 25.4 Å². The van der Waals surface area contributed by atoms with Crippen LogP contribution in [0.2, 0.25) is 0 Å². The lowest BCUT2D eigenvalue weighted by Gasteiger charge is -2.32. The van der Waals surface area contributed by atoms with Crippen LogP contribution in [-0.2, 0) is 4.79 Å². The van der Waals surface area contributed by atoms with Crippen LogP contribution in [0.25, 0.3) is 0 Å². The van der Waals surface area contributed by atoms with Gasteiger partial charge in [0.15, 0.2) is 0 Å². The average Bonchev–Trinajstić information content (AvgIpc) is 2.36. The zero-order valence-corrected chi connectivity index (χ0v) is 12.0. The molecule has 0 saturated carbocycles. The largest absolute Gasteiger partial charge is 0.481 e. The van der Waals surface area contributed by atoms with Gasteiger partial charge in [0.1, 0.15) is 0 Å². The minimum atomic E-state index is -0.926. The van der Waals surface area contributed by atoms with Crippen LogP contribution in [0, 0.1) is 5.41 Å². The van der Waals surface area contributed by atoms with Gasteiger partial charge in [0.05, 0.1) is 5.41 Å². The number of rotatable bonds is 4. The first-order valence-electron chi connectivity index (χ1n) is 6.24. The third-order valence-corrected chi connectivity index (χ3v) is 4.51. The monoisotopic (exact) mass is 274 g/mol. The molecule has 0 spiro atoms. The summed E-state index contributed by atoms with van der Waals surface area (Å²) in [6.07, 6.45) is 1.05. The summed E-state index contributed by atoms with van der Waals surface area (Å²) >= 11 is 1.90. The second-order valence-corrected chi connectivity index (χ2v) is 6.60. The van der Waals surface area contributed by atoms with Gasteiger partial charge < -0.3 is 15.3 Å². The Labute approximate surface area is 112 Å². The number of carboxylic acids is 1. The molecular weight excluding hydrogens is 252 g/mol. The van der Waals surface area contributed by atoms with E-state index in [-0.39, 0.29) is 12.6 Å². The molecule has 0 aromatic carbocycles. The Morgan fingerprint density at radius 2 is 2.17 bits per heavy atom. The summed E-state index contributed by atoms with van der Waals surface area (Å²) in [7, 11) is 0. The van der Waals surface area contributed by atoms with Crippen LogP contribution in [-0.4, -0.2) is 52.6 Å². The highest BCUT2D eigenvalue weighted by atomic mass is 32.2. The molecule has 1 unspecified atom stereocenters. The van der Waals surface area contributed by atoms with E-state index in [4.69, 9.17) is 5.11 Å². The predicted molar refractivity (Wildman–Crippen MR) is 72.9 cm³/mol. The summed E-state index contributed by atoms with van der Waals surface area (Å²) in [4.78, 5) is 24.7. The van der Waals surface area contributed by atoms with Crippen LogP contribution < -0.4 is 5.32 Å². The second-order valence-electron chi connectivity index (χ2n) is 5.19. The number of aliphatic carboxylic acids is 1. The fourth-order valence-corrected chi connectivity index (χ4v) is 2.81. The van der Waals surface area contributed by atoms with E-state index in [0.29, 0.717) is 5.25 Å². The Morgan fingerprint density at radius 3 is 2.72 bits per heavy atom. The summed E-state index contributed by atoms with van der Waals surface area (Å²) in [6, 6.07) is -0.150. The topological polar surface area (TPSA) is 69.6 Å². The normalized spacial score (nSPS) is 20.6. The molecule has 1 aliphatic rings. The lowest BCUT2D eigenvalue weighted by molar-refractivity contribution is -0.146. The van der Waals surface area contributed by atoms with Gasteiger partial charge >= 0.3 is 12.0 Å². The van der Waals surface area contributed by atoms with Crippen LogP contribution in [0.5, 0.6) is 0 Å². The van der Waals surface area contributed by atoms with E-state index in [1.54, 1.807) is 18.7 Å². The Morgan fingerprint density at radius 1 is 1.50 bits per heavy atom. The number of hydrogen-bond donors (Lipinski definition) is 2. The molecule has 2 N–H and O–H groups in total. The smallest absolute Gasteiger partial charge is 0.317 e. The van der Waals surface area contributed by atoms with Crippen molar-refractivity contribution in [3.63, 3.8) is 0 Å². The van der Waals surface area contributed by atoms with E-state index < -0.39 is 11.4 Å². The summed E-state index contributed by atoms with van der Waals surface area (Å²) in [5.74, 6) is 0.0530. The van der Waals surface area contributed by atoms with Crippen molar-refractivity contribution in [2.45, 2.75) is 32.4 Å². The SMILES string of the molecule is CCC1CN(C(=O)NCC(C)(C)C(=O)O)CCS1. The molecule has 104 valence electrons. The molecule has 18 heavy (non-hydrogen) atoms. The number of amides is 2. The van der Waals surface area contributed by atoms with Crippen molar-refractivity contribution in [3.05, 3.63) is 0 Å². The third kappa shape index (κ3) is 4.08. The number of carboxylic acid groups (broad SMARTS) is 1. The molecule has 1 heterocycles. The summed E-state index contributed by atoms with van der Waals surface area (Å²) in [5.41, 5.74) is -0.926. The van der Waals surface area contributed by atoms with Crippen molar-refractivity contribution in [2.24, 2.45) is 5.41 Å². The van der Waals surface area contributed by atoms with Crippen LogP contribution in [0.3, 0.4) is 0 Å². The van der Waals surface area contributed by atoms with E-state index in [2.05, 4.69) is 12.2 Å². The van der Waals surface area contributed by atoms with Gasteiger partial charge in [-0.15, -0.1) is 0 Å². The fourth-order valence-electron chi connectivity index (χ4n) is 1.63. The van der Waals surface area contributed by atoms with Crippen LogP contribution >= 0.6 is 11.8 Å². The summed E-state index contributed by atoms with van der Waals surface area (Å²) < 4.78 is 0. The third-order valence-electron chi connectivity index (χ3n) is 3.14. The first kappa shape index (κ1) is 15.1. The van der Waals surface area contributed by atoms with Gasteiger partial charge in [-0.3, -0.25) is 4.79 Å². The standard InChI is InChI=1S/C12H22N2O3S/c1-4-9-7-14(5-6-18-9)11(17)13-8-12(2,3)10(15)16/h9H,4-8H2,1-3H3,(H,13,17)(H,15,16). The number of nitrogens with one attached hydrogen (secondary N) is 1. The maximum atomic E-state index is 11.9. The predicted octanol–water partition coefficient (Wildman–Crippen LogP) is 1.63. The summed E-state index contributed by atoms with van der Waals surface area (Å²) in [5, 5.41) is 12.2. The van der Waals surface area contributed by atoms with Gasteiger partial charge in [-0.2, -0.15) is 11.8 Å². The second kappa shape index (κ2) is 6.31. The van der Waals surface area contributed by atoms with Crippen LogP contribution in [0.4, 0.5) is 4.79 Å². The van der Waals surface area contributed by atoms with E-state index >= 15 is 0 Å². The molecule has 0 bridgehead atoms. The quantitative estimate of drug-likeness (QED) is 0.817. The molecule has 0 radical (unpaired) electrons. The number of carbonyl (C=O) groups is 2. The Hall–Kier alpha value is -0.910. The van der Waals surface area contributed by atoms with E-state index in [0.717, 1.165) is 25.3 Å². The molecule has 0 aromatic rings. The molecule has 1 aliphatic heterocycles. The molecule has 5 nitrogen and oxygen atoms in total. The Balaban J connectivity index is 2.43. The fraction of sp³-hybridized carbons (Fsp3) is 0.833. The molecule has 2 amide bonds. The van der Waals surface area contributed by atoms with Crippen LogP contribution in [0.15, 0.2) is 0 Å². The first-order chi connectivity index (χ1) is 8.36. The van der Waals surface area contributed by atoms with Gasteiger partial charge in [-0.25, -0.2) is 4.79 Å². The van der Waals surface area contributed by atoms with Gasteiger partial charge in [0, 0.05) is 30.6 Å². The van der Waals surface area contributed by atoms with Gasteiger partial charge in [-0.1, -0.05) is 6.92 Å². The molecule has 1 rings (SSSR count). The zero-order valence-electron chi connectivity index (χ0n) is 11.2. The number of carbonyl (C=O) groups excluding carboxylic acids is 1. The molecule has 6 heteroatoms. The van der Waals surface area contributed by atoms with Crippen molar-refractivity contribution in [1.82, 2.24) is 10.2 Å². The minimum Gasteiger partial charge on any atom is -0.481 e. The summed E-state index contributed by atoms with van der Waals surface area (Å²) in [6.45, 7) is 6.97. The molecule has 1 fully saturated rings. The van der Waals surface area contributed by atoms with Crippen LogP contribution in [0.1, 0.15) is 27.2 Å². The lowest BCUT2D eigenvalue weighted by atomic mass is 9.94. The number of hydrogen-bond acceptors (Lipinski definition) is 3. The van der Waals surface area contributed by atoms with Crippen molar-refractivity contribution in [1.29, 1.82) is 0 Å². The Kier molecular flexibility index (Phi) is 5.31. The van der Waals surface area contributed by atoms with E-state index in [1.165, 1.54) is 0 Å². The minimum absolute atomic E-state index is 0.150. The highest BCUT2D eigenvalue weighted by Gasteiger charge is 2.29. The first-order valence-corrected chi connectivity index (χ1v) is 7.29. The average molecular weight is 274 g/mol. The van der Waals surface area contributed by atoms with E-state index in [1.807, 2.05) is 11.8 Å². The highest BCUT2D eigenvalue weighted by molar-refractivity contribution is 8.00. The Bertz CT molecular complexity index is 320.